The lowest BCUT2D eigenvalue weighted by atomic mass is 10.0. The third kappa shape index (κ3) is 2.06. The van der Waals surface area contributed by atoms with Gasteiger partial charge in [-0.2, -0.15) is 4.98 Å². The third-order valence-electron chi connectivity index (χ3n) is 5.78. The Morgan fingerprint density at radius 3 is 3.00 bits per heavy atom. The average molecular weight is 363 g/mol. The number of pyridine rings is 1. The van der Waals surface area contributed by atoms with Crippen molar-refractivity contribution in [2.75, 3.05) is 10.6 Å². The van der Waals surface area contributed by atoms with Gasteiger partial charge in [-0.05, 0) is 35.9 Å². The average Bonchev–Trinajstić information content (AvgIpc) is 3.52. The van der Waals surface area contributed by atoms with Crippen LogP contribution in [0.3, 0.4) is 0 Å². The molecule has 0 amide bonds. The number of Topliss-reactive ketones (excluding diaryl/α,β-unsaturated/α-hetero) is 1. The van der Waals surface area contributed by atoms with Gasteiger partial charge in [-0.3, -0.25) is 9.78 Å². The standard InChI is InChI=1S/C19H17N5OS/c25-16(19-8-11(19)3-6-26-19)15-14-12-7-13(12)22-17(14)24-18(23-15)21-9-10-1-4-20-5-2-10/h1-6,11-13H,7-9H2,(H2,21,22,23,24). The fourth-order valence-electron chi connectivity index (χ4n) is 4.11. The van der Waals surface area contributed by atoms with E-state index in [0.717, 1.165) is 29.8 Å². The number of hydrogen-bond donors (Lipinski definition) is 2. The fraction of sp³-hybridized carbons (Fsp3) is 0.368. The van der Waals surface area contributed by atoms with Crippen LogP contribution in [0.15, 0.2) is 36.0 Å². The zero-order valence-corrected chi connectivity index (χ0v) is 14.8. The minimum atomic E-state index is -0.294. The monoisotopic (exact) mass is 363 g/mol. The molecule has 130 valence electrons. The van der Waals surface area contributed by atoms with Gasteiger partial charge in [-0.15, -0.1) is 11.8 Å². The van der Waals surface area contributed by atoms with Crippen LogP contribution < -0.4 is 10.6 Å². The summed E-state index contributed by atoms with van der Waals surface area (Å²) in [5, 5.41) is 8.78. The van der Waals surface area contributed by atoms with E-state index in [1.807, 2.05) is 12.1 Å². The molecule has 2 saturated carbocycles. The molecule has 4 heterocycles. The molecular formula is C19H17N5OS. The maximum atomic E-state index is 13.3. The smallest absolute Gasteiger partial charge is 0.225 e. The van der Waals surface area contributed by atoms with Gasteiger partial charge in [0.2, 0.25) is 5.95 Å². The highest BCUT2D eigenvalue weighted by Gasteiger charge is 2.63. The zero-order chi connectivity index (χ0) is 17.3. The van der Waals surface area contributed by atoms with Crippen LogP contribution in [0, 0.1) is 5.92 Å². The molecule has 0 bridgehead atoms. The number of ketones is 1. The Bertz CT molecular complexity index is 962. The first-order valence-electron chi connectivity index (χ1n) is 8.95. The Hall–Kier alpha value is -2.41. The van der Waals surface area contributed by atoms with Gasteiger partial charge in [0, 0.05) is 42.4 Å². The molecule has 4 atom stereocenters. The summed E-state index contributed by atoms with van der Waals surface area (Å²) in [7, 11) is 0. The second-order valence-corrected chi connectivity index (χ2v) is 8.67. The van der Waals surface area contributed by atoms with Crippen molar-refractivity contribution in [1.29, 1.82) is 0 Å². The van der Waals surface area contributed by atoms with E-state index in [-0.39, 0.29) is 10.5 Å². The topological polar surface area (TPSA) is 79.8 Å². The molecule has 4 aliphatic rings. The fourth-order valence-corrected chi connectivity index (χ4v) is 5.35. The molecule has 2 fully saturated rings. The van der Waals surface area contributed by atoms with E-state index >= 15 is 0 Å². The molecular weight excluding hydrogens is 346 g/mol. The van der Waals surface area contributed by atoms with Crippen molar-refractivity contribution in [3.63, 3.8) is 0 Å². The van der Waals surface area contributed by atoms with Crippen LogP contribution >= 0.6 is 11.8 Å². The number of carbonyl (C=O) groups is 1. The van der Waals surface area contributed by atoms with Gasteiger partial charge < -0.3 is 10.6 Å². The summed E-state index contributed by atoms with van der Waals surface area (Å²) in [6.45, 7) is 0.603. The highest BCUT2D eigenvalue weighted by molar-refractivity contribution is 8.04. The van der Waals surface area contributed by atoms with Gasteiger partial charge in [-0.1, -0.05) is 6.08 Å². The maximum absolute atomic E-state index is 13.3. The Kier molecular flexibility index (Phi) is 2.87. The number of hydrogen-bond acceptors (Lipinski definition) is 7. The van der Waals surface area contributed by atoms with Crippen molar-refractivity contribution in [2.45, 2.75) is 36.1 Å². The summed E-state index contributed by atoms with van der Waals surface area (Å²) in [6.07, 6.45) is 7.71. The second-order valence-electron chi connectivity index (χ2n) is 7.44. The van der Waals surface area contributed by atoms with Gasteiger partial charge in [0.25, 0.3) is 0 Å². The third-order valence-corrected chi connectivity index (χ3v) is 7.15. The van der Waals surface area contributed by atoms with Gasteiger partial charge >= 0.3 is 0 Å². The predicted octanol–water partition coefficient (Wildman–Crippen LogP) is 2.97. The Labute approximate surface area is 154 Å². The highest BCUT2D eigenvalue weighted by atomic mass is 32.2. The summed E-state index contributed by atoms with van der Waals surface area (Å²) >= 11 is 1.66. The van der Waals surface area contributed by atoms with Crippen molar-refractivity contribution in [3.8, 4) is 0 Å². The molecule has 0 radical (unpaired) electrons. The Morgan fingerprint density at radius 2 is 2.23 bits per heavy atom. The summed E-state index contributed by atoms with van der Waals surface area (Å²) in [5.41, 5.74) is 2.77. The normalized spacial score (nSPS) is 31.6. The van der Waals surface area contributed by atoms with Crippen molar-refractivity contribution < 1.29 is 4.79 Å². The van der Waals surface area contributed by atoms with Crippen LogP contribution in [-0.2, 0) is 6.54 Å². The van der Waals surface area contributed by atoms with Crippen LogP contribution in [-0.4, -0.2) is 31.5 Å². The van der Waals surface area contributed by atoms with Crippen LogP contribution in [0.1, 0.15) is 40.4 Å². The van der Waals surface area contributed by atoms with Crippen LogP contribution in [0.2, 0.25) is 0 Å². The first kappa shape index (κ1) is 14.7. The van der Waals surface area contributed by atoms with Gasteiger partial charge in [0.15, 0.2) is 5.78 Å². The lowest BCUT2D eigenvalue weighted by Gasteiger charge is -2.15. The summed E-state index contributed by atoms with van der Waals surface area (Å²) in [4.78, 5) is 26.7. The number of rotatable bonds is 5. The molecule has 7 heteroatoms. The number of nitrogens with one attached hydrogen (secondary N) is 2. The minimum Gasteiger partial charge on any atom is -0.366 e. The van der Waals surface area contributed by atoms with E-state index in [0.29, 0.717) is 36.1 Å². The van der Waals surface area contributed by atoms with E-state index in [1.165, 1.54) is 0 Å². The molecule has 0 spiro atoms. The largest absolute Gasteiger partial charge is 0.366 e. The molecule has 6 rings (SSSR count). The van der Waals surface area contributed by atoms with Crippen molar-refractivity contribution in [2.24, 2.45) is 5.92 Å². The molecule has 2 N–H and O–H groups in total. The van der Waals surface area contributed by atoms with Crippen molar-refractivity contribution >= 4 is 29.3 Å². The molecule has 26 heavy (non-hydrogen) atoms. The first-order valence-corrected chi connectivity index (χ1v) is 9.83. The first-order chi connectivity index (χ1) is 12.7. The zero-order valence-electron chi connectivity index (χ0n) is 14.0. The summed E-state index contributed by atoms with van der Waals surface area (Å²) in [5.74, 6) is 2.32. The quantitative estimate of drug-likeness (QED) is 0.791. The number of nitrogens with zero attached hydrogens (tertiary/aromatic N) is 3. The van der Waals surface area contributed by atoms with E-state index in [9.17, 15) is 4.79 Å². The molecule has 0 saturated heterocycles. The number of aromatic nitrogens is 3. The van der Waals surface area contributed by atoms with E-state index in [4.69, 9.17) is 0 Å². The molecule has 2 aliphatic carbocycles. The van der Waals surface area contributed by atoms with Crippen LogP contribution in [0.25, 0.3) is 0 Å². The molecule has 2 aromatic heterocycles. The lowest BCUT2D eigenvalue weighted by molar-refractivity contribution is 0.0973. The van der Waals surface area contributed by atoms with Crippen molar-refractivity contribution in [3.05, 3.63) is 52.8 Å². The highest BCUT2D eigenvalue weighted by Crippen LogP contribution is 2.62. The molecule has 2 aromatic rings. The van der Waals surface area contributed by atoms with Gasteiger partial charge in [0.05, 0.1) is 4.75 Å². The van der Waals surface area contributed by atoms with E-state index in [2.05, 4.69) is 37.1 Å². The Balaban J connectivity index is 1.34. The van der Waals surface area contributed by atoms with Crippen LogP contribution in [0.4, 0.5) is 11.8 Å². The lowest BCUT2D eigenvalue weighted by Crippen LogP contribution is -2.23. The SMILES string of the molecule is O=C(c1nc(NCc2ccncc2)nc2c1C1CC1N2)C12CC1C=CS2. The Morgan fingerprint density at radius 1 is 1.35 bits per heavy atom. The number of anilines is 2. The molecule has 2 aliphatic heterocycles. The second kappa shape index (κ2) is 5.07. The number of fused-ring (bicyclic) bond motifs is 4. The predicted molar refractivity (Wildman–Crippen MR) is 100 cm³/mol. The molecule has 0 aromatic carbocycles. The molecule has 6 nitrogen and oxygen atoms in total. The summed E-state index contributed by atoms with van der Waals surface area (Å²) < 4.78 is -0.294. The van der Waals surface area contributed by atoms with E-state index < -0.39 is 0 Å². The van der Waals surface area contributed by atoms with Crippen LogP contribution in [0.5, 0.6) is 0 Å². The van der Waals surface area contributed by atoms with Crippen molar-refractivity contribution in [1.82, 2.24) is 15.0 Å². The van der Waals surface area contributed by atoms with Gasteiger partial charge in [0.1, 0.15) is 11.5 Å². The number of allylic oxidation sites excluding steroid dienone is 1. The van der Waals surface area contributed by atoms with Gasteiger partial charge in [-0.25, -0.2) is 4.98 Å². The number of carbonyl (C=O) groups excluding carboxylic acids is 1. The summed E-state index contributed by atoms with van der Waals surface area (Å²) in [6, 6.07) is 4.34. The molecule has 4 unspecified atom stereocenters. The van der Waals surface area contributed by atoms with E-state index in [1.54, 1.807) is 24.2 Å². The maximum Gasteiger partial charge on any atom is 0.225 e. The number of thioether (sulfide) groups is 1. The minimum absolute atomic E-state index is 0.178.